The number of para-hydroxylation sites is 1. The van der Waals surface area contributed by atoms with Crippen molar-refractivity contribution in [3.63, 3.8) is 0 Å². The van der Waals surface area contributed by atoms with E-state index in [9.17, 15) is 0 Å². The van der Waals surface area contributed by atoms with Gasteiger partial charge in [0.2, 0.25) is 0 Å². The molecule has 1 N–H and O–H groups in total. The number of hydrogen-bond acceptors (Lipinski definition) is 4. The van der Waals surface area contributed by atoms with Crippen LogP contribution in [0.15, 0.2) is 47.3 Å². The average Bonchev–Trinajstić information content (AvgIpc) is 2.99. The van der Waals surface area contributed by atoms with Crippen molar-refractivity contribution in [1.29, 1.82) is 0 Å². The zero-order valence-electron chi connectivity index (χ0n) is 14.5. The number of ether oxygens (including phenoxy) is 1. The van der Waals surface area contributed by atoms with Crippen LogP contribution in [0.2, 0.25) is 0 Å². The fraction of sp³-hybridized carbons (Fsp3) is 0.333. The van der Waals surface area contributed by atoms with Crippen LogP contribution in [0, 0.1) is 6.92 Å². The van der Waals surface area contributed by atoms with Gasteiger partial charge >= 0.3 is 0 Å². The van der Waals surface area contributed by atoms with Gasteiger partial charge in [-0.1, -0.05) is 30.9 Å². The highest BCUT2D eigenvalue weighted by Crippen LogP contribution is 2.18. The third-order valence-corrected chi connectivity index (χ3v) is 4.23. The largest absolute Gasteiger partial charge is 0.489 e. The summed E-state index contributed by atoms with van der Waals surface area (Å²) in [7, 11) is 3.79. The quantitative estimate of drug-likeness (QED) is 0.476. The highest BCUT2D eigenvalue weighted by atomic mass is 32.1. The summed E-state index contributed by atoms with van der Waals surface area (Å²) in [5.41, 5.74) is 2.14. The smallest absolute Gasteiger partial charge is 0.194 e. The molecule has 0 aliphatic rings. The van der Waals surface area contributed by atoms with Crippen LogP contribution in [0.25, 0.3) is 0 Å². The second-order valence-corrected chi connectivity index (χ2v) is 6.38. The van der Waals surface area contributed by atoms with Crippen LogP contribution >= 0.6 is 11.3 Å². The summed E-state index contributed by atoms with van der Waals surface area (Å²) in [6, 6.07) is 7.98. The van der Waals surface area contributed by atoms with Gasteiger partial charge in [0, 0.05) is 31.6 Å². The van der Waals surface area contributed by atoms with E-state index in [1.54, 1.807) is 24.5 Å². The molecule has 6 heteroatoms. The van der Waals surface area contributed by atoms with Gasteiger partial charge < -0.3 is 15.0 Å². The minimum absolute atomic E-state index is 0.495. The third-order valence-electron chi connectivity index (χ3n) is 3.41. The van der Waals surface area contributed by atoms with Crippen molar-refractivity contribution in [1.82, 2.24) is 15.2 Å². The zero-order valence-corrected chi connectivity index (χ0v) is 15.3. The number of aryl methyl sites for hydroxylation is 1. The first kappa shape index (κ1) is 18.0. The van der Waals surface area contributed by atoms with E-state index in [1.807, 2.05) is 38.2 Å². The Bertz CT molecular complexity index is 696. The first-order valence-corrected chi connectivity index (χ1v) is 8.66. The second-order valence-electron chi connectivity index (χ2n) is 5.32. The Morgan fingerprint density at radius 2 is 2.25 bits per heavy atom. The Labute approximate surface area is 147 Å². The maximum absolute atomic E-state index is 5.69. The summed E-state index contributed by atoms with van der Waals surface area (Å²) in [6.45, 7) is 7.56. The van der Waals surface area contributed by atoms with Gasteiger partial charge in [-0.2, -0.15) is 0 Å². The fourth-order valence-electron chi connectivity index (χ4n) is 2.30. The number of thiazole rings is 1. The Balaban J connectivity index is 1.97. The molecule has 0 amide bonds. The van der Waals surface area contributed by atoms with E-state index in [2.05, 4.69) is 32.2 Å². The Morgan fingerprint density at radius 1 is 1.46 bits per heavy atom. The van der Waals surface area contributed by atoms with Gasteiger partial charge in [-0.3, -0.25) is 4.99 Å². The van der Waals surface area contributed by atoms with Crippen molar-refractivity contribution in [2.45, 2.75) is 20.0 Å². The van der Waals surface area contributed by atoms with Crippen LogP contribution in [0.4, 0.5) is 0 Å². The molecule has 1 aromatic carbocycles. The Morgan fingerprint density at radius 3 is 2.92 bits per heavy atom. The van der Waals surface area contributed by atoms with Gasteiger partial charge in [-0.05, 0) is 13.0 Å². The number of hydrogen-bond donors (Lipinski definition) is 1. The first-order chi connectivity index (χ1) is 11.6. The first-order valence-electron chi connectivity index (χ1n) is 7.78. The lowest BCUT2D eigenvalue weighted by atomic mass is 10.2. The van der Waals surface area contributed by atoms with Crippen LogP contribution in [0.1, 0.15) is 16.3 Å². The Hall–Kier alpha value is -2.34. The van der Waals surface area contributed by atoms with Crippen molar-refractivity contribution < 1.29 is 4.74 Å². The van der Waals surface area contributed by atoms with E-state index in [1.165, 1.54) is 0 Å². The molecule has 0 spiro atoms. The Kier molecular flexibility index (Phi) is 6.81. The number of aliphatic imine (C=N–C) groups is 1. The fourth-order valence-corrected chi connectivity index (χ4v) is 2.90. The van der Waals surface area contributed by atoms with Crippen LogP contribution in [0.3, 0.4) is 0 Å². The lowest BCUT2D eigenvalue weighted by Gasteiger charge is -2.21. The molecule has 24 heavy (non-hydrogen) atoms. The molecular formula is C18H24N4OS. The number of nitrogens with one attached hydrogen (secondary N) is 1. The highest BCUT2D eigenvalue weighted by Gasteiger charge is 2.10. The maximum atomic E-state index is 5.69. The van der Waals surface area contributed by atoms with Crippen molar-refractivity contribution in [2.75, 3.05) is 20.7 Å². The summed E-state index contributed by atoms with van der Waals surface area (Å²) in [5, 5.41) is 6.53. The molecule has 0 unspecified atom stereocenters. The van der Waals surface area contributed by atoms with E-state index in [4.69, 9.17) is 4.74 Å². The molecule has 5 nitrogen and oxygen atoms in total. The number of nitrogens with zero attached hydrogens (tertiary/aromatic N) is 3. The number of aromatic nitrogens is 1. The molecule has 0 aliphatic carbocycles. The third kappa shape index (κ3) is 5.09. The van der Waals surface area contributed by atoms with Crippen LogP contribution in [-0.4, -0.2) is 36.5 Å². The lowest BCUT2D eigenvalue weighted by Crippen LogP contribution is -2.38. The molecule has 0 fully saturated rings. The SMILES string of the molecule is C=CCOc1ccccc1CNC(=NC)N(C)Cc1csc(C)n1. The average molecular weight is 344 g/mol. The maximum Gasteiger partial charge on any atom is 0.194 e. The molecule has 1 heterocycles. The van der Waals surface area contributed by atoms with Crippen molar-refractivity contribution in [2.24, 2.45) is 4.99 Å². The van der Waals surface area contributed by atoms with Gasteiger partial charge in [-0.15, -0.1) is 11.3 Å². The molecule has 0 saturated carbocycles. The number of benzene rings is 1. The monoisotopic (exact) mass is 344 g/mol. The molecule has 2 aromatic rings. The van der Waals surface area contributed by atoms with E-state index < -0.39 is 0 Å². The molecule has 0 atom stereocenters. The van der Waals surface area contributed by atoms with E-state index in [0.717, 1.165) is 34.5 Å². The van der Waals surface area contributed by atoms with E-state index in [-0.39, 0.29) is 0 Å². The lowest BCUT2D eigenvalue weighted by molar-refractivity contribution is 0.358. The molecule has 0 aliphatic heterocycles. The summed E-state index contributed by atoms with van der Waals surface area (Å²) >= 11 is 1.66. The van der Waals surface area contributed by atoms with E-state index in [0.29, 0.717) is 13.2 Å². The molecule has 128 valence electrons. The van der Waals surface area contributed by atoms with Gasteiger partial charge in [-0.25, -0.2) is 4.98 Å². The second kappa shape index (κ2) is 9.08. The minimum atomic E-state index is 0.495. The summed E-state index contributed by atoms with van der Waals surface area (Å²) in [5.74, 6) is 1.68. The number of rotatable bonds is 7. The molecule has 0 bridgehead atoms. The molecular weight excluding hydrogens is 320 g/mol. The molecule has 1 aromatic heterocycles. The topological polar surface area (TPSA) is 49.8 Å². The predicted molar refractivity (Wildman–Crippen MR) is 101 cm³/mol. The van der Waals surface area contributed by atoms with Crippen LogP contribution < -0.4 is 10.1 Å². The van der Waals surface area contributed by atoms with Gasteiger partial charge in [0.15, 0.2) is 5.96 Å². The zero-order chi connectivity index (χ0) is 17.4. The van der Waals surface area contributed by atoms with E-state index >= 15 is 0 Å². The summed E-state index contributed by atoms with van der Waals surface area (Å²) in [4.78, 5) is 10.9. The summed E-state index contributed by atoms with van der Waals surface area (Å²) in [6.07, 6.45) is 1.74. The number of guanidine groups is 1. The predicted octanol–water partition coefficient (Wildman–Crippen LogP) is 3.22. The van der Waals surface area contributed by atoms with Crippen molar-refractivity contribution >= 4 is 17.3 Å². The van der Waals surface area contributed by atoms with Gasteiger partial charge in [0.25, 0.3) is 0 Å². The highest BCUT2D eigenvalue weighted by molar-refractivity contribution is 7.09. The molecule has 2 rings (SSSR count). The molecule has 0 saturated heterocycles. The summed E-state index contributed by atoms with van der Waals surface area (Å²) < 4.78 is 5.69. The normalized spacial score (nSPS) is 11.2. The standard InChI is InChI=1S/C18H24N4OS/c1-5-10-23-17-9-7-6-8-15(17)11-20-18(19-3)22(4)12-16-13-24-14(2)21-16/h5-9,13H,1,10-12H2,2-4H3,(H,19,20). The molecule has 0 radical (unpaired) electrons. The van der Waals surface area contributed by atoms with Crippen LogP contribution in [-0.2, 0) is 13.1 Å². The van der Waals surface area contributed by atoms with Crippen molar-refractivity contribution in [3.05, 3.63) is 58.6 Å². The van der Waals surface area contributed by atoms with Gasteiger partial charge in [0.05, 0.1) is 17.2 Å². The van der Waals surface area contributed by atoms with Crippen molar-refractivity contribution in [3.8, 4) is 5.75 Å². The minimum Gasteiger partial charge on any atom is -0.489 e. The van der Waals surface area contributed by atoms with Gasteiger partial charge in [0.1, 0.15) is 12.4 Å². The van der Waals surface area contributed by atoms with Crippen LogP contribution in [0.5, 0.6) is 5.75 Å².